The molecule has 0 radical (unpaired) electrons. The number of para-hydroxylation sites is 2. The van der Waals surface area contributed by atoms with Gasteiger partial charge in [-0.25, -0.2) is 0 Å². The topological polar surface area (TPSA) is 49.4 Å². The number of allylic oxidation sites excluding steroid dienone is 1. The van der Waals surface area contributed by atoms with E-state index in [2.05, 4.69) is 26.1 Å². The maximum Gasteiger partial charge on any atom is 0.227 e. The zero-order chi connectivity index (χ0) is 22.2. The van der Waals surface area contributed by atoms with Gasteiger partial charge in [0.2, 0.25) is 5.91 Å². The summed E-state index contributed by atoms with van der Waals surface area (Å²) in [6, 6.07) is 14.9. The van der Waals surface area contributed by atoms with Gasteiger partial charge in [0, 0.05) is 29.1 Å². The summed E-state index contributed by atoms with van der Waals surface area (Å²) >= 11 is 6.16. The summed E-state index contributed by atoms with van der Waals surface area (Å²) in [6.07, 6.45) is 3.41. The number of halogens is 1. The van der Waals surface area contributed by atoms with E-state index in [1.54, 1.807) is 0 Å². The zero-order valence-corrected chi connectivity index (χ0v) is 19.1. The van der Waals surface area contributed by atoms with E-state index < -0.39 is 6.04 Å². The molecule has 4 rings (SSSR count). The molecular formula is C26H29ClN2O2. The number of Topliss-reactive ketones (excluding diaryl/α,β-unsaturated/α-hetero) is 1. The van der Waals surface area contributed by atoms with Crippen LogP contribution in [0.2, 0.25) is 5.02 Å². The molecule has 0 unspecified atom stereocenters. The number of ketones is 1. The number of carbonyl (C=O) groups is 2. The summed E-state index contributed by atoms with van der Waals surface area (Å²) in [7, 11) is 0. The highest BCUT2D eigenvalue weighted by molar-refractivity contribution is 6.30. The second-order valence-electron chi connectivity index (χ2n) is 9.30. The Morgan fingerprint density at radius 2 is 1.84 bits per heavy atom. The van der Waals surface area contributed by atoms with Crippen LogP contribution < -0.4 is 10.2 Å². The molecule has 2 aromatic rings. The van der Waals surface area contributed by atoms with E-state index in [0.29, 0.717) is 23.4 Å². The minimum atomic E-state index is -0.476. The third-order valence-corrected chi connectivity index (χ3v) is 6.35. The van der Waals surface area contributed by atoms with E-state index in [4.69, 9.17) is 11.6 Å². The summed E-state index contributed by atoms with van der Waals surface area (Å²) in [6.45, 7) is 6.32. The van der Waals surface area contributed by atoms with Crippen molar-refractivity contribution in [3.05, 3.63) is 70.4 Å². The molecule has 5 heteroatoms. The van der Waals surface area contributed by atoms with Crippen LogP contribution in [0.4, 0.5) is 11.4 Å². The number of hydrogen-bond donors (Lipinski definition) is 1. The van der Waals surface area contributed by atoms with E-state index in [1.165, 1.54) is 0 Å². The van der Waals surface area contributed by atoms with E-state index in [1.807, 2.05) is 53.4 Å². The Kier molecular flexibility index (Phi) is 5.94. The number of nitrogens with one attached hydrogen (secondary N) is 1. The molecule has 1 heterocycles. The fourth-order valence-electron chi connectivity index (χ4n) is 4.67. The van der Waals surface area contributed by atoms with Gasteiger partial charge in [0.1, 0.15) is 0 Å². The molecule has 0 spiro atoms. The maximum absolute atomic E-state index is 13.6. The fraction of sp³-hybridized carbons (Fsp3) is 0.385. The fourth-order valence-corrected chi connectivity index (χ4v) is 4.80. The predicted molar refractivity (Wildman–Crippen MR) is 126 cm³/mol. The SMILES string of the molecule is CCCCC(=O)N1c2ccccc2NC2=C(C(=O)CC(C)(C)C2)[C@@H]1c1ccc(Cl)cc1. The lowest BCUT2D eigenvalue weighted by atomic mass is 9.73. The molecule has 162 valence electrons. The molecule has 0 aromatic heterocycles. The monoisotopic (exact) mass is 436 g/mol. The van der Waals surface area contributed by atoms with Gasteiger partial charge >= 0.3 is 0 Å². The molecular weight excluding hydrogens is 408 g/mol. The highest BCUT2D eigenvalue weighted by atomic mass is 35.5. The lowest BCUT2D eigenvalue weighted by Gasteiger charge is -2.37. The minimum absolute atomic E-state index is 0.0300. The number of anilines is 2. The Labute approximate surface area is 189 Å². The van der Waals surface area contributed by atoms with Crippen LogP contribution in [0.25, 0.3) is 0 Å². The van der Waals surface area contributed by atoms with Gasteiger partial charge in [-0.05, 0) is 48.1 Å². The first-order chi connectivity index (χ1) is 14.8. The Hall–Kier alpha value is -2.59. The lowest BCUT2D eigenvalue weighted by Crippen LogP contribution is -2.39. The van der Waals surface area contributed by atoms with Gasteiger partial charge in [0.05, 0.1) is 17.4 Å². The normalized spacial score (nSPS) is 19.9. The lowest BCUT2D eigenvalue weighted by molar-refractivity contribution is -0.119. The van der Waals surface area contributed by atoms with Crippen molar-refractivity contribution < 1.29 is 9.59 Å². The van der Waals surface area contributed by atoms with Crippen molar-refractivity contribution in [1.82, 2.24) is 0 Å². The van der Waals surface area contributed by atoms with Crippen LogP contribution in [0.1, 0.15) is 64.5 Å². The molecule has 2 aliphatic rings. The number of nitrogens with zero attached hydrogens (tertiary/aromatic N) is 1. The summed E-state index contributed by atoms with van der Waals surface area (Å²) in [5, 5.41) is 4.17. The van der Waals surface area contributed by atoms with Crippen LogP contribution >= 0.6 is 11.6 Å². The average Bonchev–Trinajstić information content (AvgIpc) is 2.86. The van der Waals surface area contributed by atoms with Crippen molar-refractivity contribution in [2.75, 3.05) is 10.2 Å². The Morgan fingerprint density at radius 1 is 1.13 bits per heavy atom. The molecule has 0 bridgehead atoms. The van der Waals surface area contributed by atoms with Crippen LogP contribution in [0.3, 0.4) is 0 Å². The third kappa shape index (κ3) is 4.27. The quantitative estimate of drug-likeness (QED) is 0.581. The van der Waals surface area contributed by atoms with Gasteiger partial charge in [0.15, 0.2) is 5.78 Å². The van der Waals surface area contributed by atoms with Gasteiger partial charge < -0.3 is 5.32 Å². The molecule has 2 aromatic carbocycles. The third-order valence-electron chi connectivity index (χ3n) is 6.10. The van der Waals surface area contributed by atoms with E-state index >= 15 is 0 Å². The second-order valence-corrected chi connectivity index (χ2v) is 9.73. The second kappa shape index (κ2) is 8.51. The highest BCUT2D eigenvalue weighted by Gasteiger charge is 2.42. The van der Waals surface area contributed by atoms with Gasteiger partial charge in [-0.2, -0.15) is 0 Å². The van der Waals surface area contributed by atoms with Crippen LogP contribution in [-0.4, -0.2) is 11.7 Å². The number of fused-ring (bicyclic) bond motifs is 1. The number of hydrogen-bond acceptors (Lipinski definition) is 3. The van der Waals surface area contributed by atoms with Gasteiger partial charge in [-0.15, -0.1) is 0 Å². The largest absolute Gasteiger partial charge is 0.357 e. The molecule has 1 N–H and O–H groups in total. The summed E-state index contributed by atoms with van der Waals surface area (Å²) in [5.74, 6) is 0.127. The Balaban J connectivity index is 1.96. The molecule has 0 fully saturated rings. The van der Waals surface area contributed by atoms with Gasteiger partial charge in [0.25, 0.3) is 0 Å². The number of amides is 1. The molecule has 31 heavy (non-hydrogen) atoms. The van der Waals surface area contributed by atoms with E-state index in [9.17, 15) is 9.59 Å². The first-order valence-electron chi connectivity index (χ1n) is 11.0. The molecule has 1 amide bonds. The Morgan fingerprint density at radius 3 is 2.55 bits per heavy atom. The molecule has 1 atom stereocenters. The summed E-state index contributed by atoms with van der Waals surface area (Å²) in [4.78, 5) is 28.9. The number of carbonyl (C=O) groups excluding carboxylic acids is 2. The summed E-state index contributed by atoms with van der Waals surface area (Å²) in [5.41, 5.74) is 4.05. The molecule has 4 nitrogen and oxygen atoms in total. The van der Waals surface area contributed by atoms with Crippen molar-refractivity contribution in [1.29, 1.82) is 0 Å². The highest BCUT2D eigenvalue weighted by Crippen LogP contribution is 2.48. The molecule has 1 aliphatic carbocycles. The van der Waals surface area contributed by atoms with Crippen LogP contribution in [0, 0.1) is 5.41 Å². The number of benzene rings is 2. The van der Waals surface area contributed by atoms with Gasteiger partial charge in [-0.3, -0.25) is 14.5 Å². The Bertz CT molecular complexity index is 1040. The average molecular weight is 437 g/mol. The maximum atomic E-state index is 13.6. The standard InChI is InChI=1S/C26H29ClN2O2/c1-4-5-10-23(31)29-21-9-7-6-8-19(21)28-20-15-26(2,3)16-22(30)24(20)25(29)17-11-13-18(27)14-12-17/h6-9,11-14,25,28H,4-5,10,15-16H2,1-3H3/t25-/m0/s1. The molecule has 0 saturated carbocycles. The zero-order valence-electron chi connectivity index (χ0n) is 18.4. The van der Waals surface area contributed by atoms with E-state index in [0.717, 1.165) is 41.9 Å². The number of unbranched alkanes of at least 4 members (excludes halogenated alkanes) is 1. The van der Waals surface area contributed by atoms with Crippen molar-refractivity contribution in [3.8, 4) is 0 Å². The molecule has 0 saturated heterocycles. The van der Waals surface area contributed by atoms with Crippen LogP contribution in [0.15, 0.2) is 59.8 Å². The van der Waals surface area contributed by atoms with Crippen LogP contribution in [0.5, 0.6) is 0 Å². The van der Waals surface area contributed by atoms with Crippen molar-refractivity contribution >= 4 is 34.7 Å². The van der Waals surface area contributed by atoms with Crippen molar-refractivity contribution in [3.63, 3.8) is 0 Å². The number of rotatable bonds is 4. The van der Waals surface area contributed by atoms with Crippen molar-refractivity contribution in [2.45, 2.75) is 58.9 Å². The van der Waals surface area contributed by atoms with Crippen molar-refractivity contribution in [2.24, 2.45) is 5.41 Å². The van der Waals surface area contributed by atoms with E-state index in [-0.39, 0.29) is 17.1 Å². The smallest absolute Gasteiger partial charge is 0.227 e. The predicted octanol–water partition coefficient (Wildman–Crippen LogP) is 6.67. The minimum Gasteiger partial charge on any atom is -0.357 e. The van der Waals surface area contributed by atoms with Crippen LogP contribution in [-0.2, 0) is 9.59 Å². The summed E-state index contributed by atoms with van der Waals surface area (Å²) < 4.78 is 0. The van der Waals surface area contributed by atoms with Gasteiger partial charge in [-0.1, -0.05) is 63.1 Å². The molecule has 1 aliphatic heterocycles. The first kappa shape index (κ1) is 21.6. The first-order valence-corrected chi connectivity index (χ1v) is 11.4.